The fourth-order valence-corrected chi connectivity index (χ4v) is 2.85. The van der Waals surface area contributed by atoms with Crippen LogP contribution in [0.5, 0.6) is 5.75 Å². The van der Waals surface area contributed by atoms with Gasteiger partial charge in [0.1, 0.15) is 5.75 Å². The first-order valence-corrected chi connectivity index (χ1v) is 8.08. The minimum absolute atomic E-state index is 0.145. The Kier molecular flexibility index (Phi) is 5.22. The Hall–Kier alpha value is -0.860. The molecule has 106 valence electrons. The summed E-state index contributed by atoms with van der Waals surface area (Å²) < 4.78 is 6.11. The van der Waals surface area contributed by atoms with Crippen LogP contribution in [0.15, 0.2) is 23.0 Å². The van der Waals surface area contributed by atoms with Crippen LogP contribution in [0.3, 0.4) is 0 Å². The molecule has 0 saturated heterocycles. The van der Waals surface area contributed by atoms with E-state index in [4.69, 9.17) is 16.3 Å². The van der Waals surface area contributed by atoms with Crippen molar-refractivity contribution in [2.24, 2.45) is 0 Å². The quantitative estimate of drug-likeness (QED) is 0.706. The van der Waals surface area contributed by atoms with E-state index in [0.29, 0.717) is 22.9 Å². The predicted octanol–water partition coefficient (Wildman–Crippen LogP) is 3.68. The van der Waals surface area contributed by atoms with Crippen molar-refractivity contribution < 1.29 is 9.53 Å². The van der Waals surface area contributed by atoms with Gasteiger partial charge in [-0.25, -0.2) is 4.98 Å². The van der Waals surface area contributed by atoms with Crippen molar-refractivity contribution in [3.63, 3.8) is 0 Å². The average Bonchev–Trinajstić information content (AvgIpc) is 2.93. The number of methoxy groups -OCH3 is 1. The van der Waals surface area contributed by atoms with Crippen LogP contribution in [-0.4, -0.2) is 29.9 Å². The lowest BCUT2D eigenvalue weighted by Crippen LogP contribution is -2.26. The lowest BCUT2D eigenvalue weighted by atomic mass is 10.1. The van der Waals surface area contributed by atoms with Gasteiger partial charge >= 0.3 is 0 Å². The summed E-state index contributed by atoms with van der Waals surface area (Å²) >= 11 is 9.70. The summed E-state index contributed by atoms with van der Waals surface area (Å²) in [7, 11) is 3.27. The van der Waals surface area contributed by atoms with Crippen molar-refractivity contribution in [3.8, 4) is 5.75 Å². The van der Waals surface area contributed by atoms with Crippen LogP contribution in [-0.2, 0) is 6.54 Å². The maximum absolute atomic E-state index is 12.5. The van der Waals surface area contributed by atoms with Crippen LogP contribution < -0.4 is 4.74 Å². The molecule has 4 nitrogen and oxygen atoms in total. The summed E-state index contributed by atoms with van der Waals surface area (Å²) in [4.78, 5) is 18.2. The zero-order valence-electron chi connectivity index (χ0n) is 10.9. The van der Waals surface area contributed by atoms with Crippen molar-refractivity contribution in [2.45, 2.75) is 6.54 Å². The molecule has 20 heavy (non-hydrogen) atoms. The molecule has 0 atom stereocenters. The summed E-state index contributed by atoms with van der Waals surface area (Å²) in [5.74, 6) is 0.377. The summed E-state index contributed by atoms with van der Waals surface area (Å²) in [5.41, 5.74) is 3.06. The molecule has 0 fully saturated rings. The van der Waals surface area contributed by atoms with Crippen molar-refractivity contribution in [3.05, 3.63) is 42.9 Å². The fourth-order valence-electron chi connectivity index (χ4n) is 1.70. The average molecular weight is 423 g/mol. The Morgan fingerprint density at radius 3 is 2.90 bits per heavy atom. The maximum Gasteiger partial charge on any atom is 0.257 e. The Morgan fingerprint density at radius 1 is 1.55 bits per heavy atom. The van der Waals surface area contributed by atoms with Gasteiger partial charge < -0.3 is 9.64 Å². The van der Waals surface area contributed by atoms with Crippen LogP contribution in [0.25, 0.3) is 0 Å². The van der Waals surface area contributed by atoms with Crippen LogP contribution in [0.2, 0.25) is 5.02 Å². The van der Waals surface area contributed by atoms with E-state index in [1.807, 2.05) is 5.38 Å². The molecular weight excluding hydrogens is 411 g/mol. The molecule has 0 aliphatic carbocycles. The normalized spacial score (nSPS) is 10.4. The fraction of sp³-hybridized carbons (Fsp3) is 0.231. The number of aromatic nitrogens is 1. The van der Waals surface area contributed by atoms with Gasteiger partial charge in [-0.3, -0.25) is 4.79 Å². The number of nitrogens with zero attached hydrogens (tertiary/aromatic N) is 2. The molecule has 1 amide bonds. The number of hydrogen-bond acceptors (Lipinski definition) is 4. The molecule has 0 saturated carbocycles. The molecule has 0 N–H and O–H groups in total. The number of carbonyl (C=O) groups excluding carboxylic acids is 1. The summed E-state index contributed by atoms with van der Waals surface area (Å²) in [6.45, 7) is 0.453. The third-order valence-electron chi connectivity index (χ3n) is 2.70. The molecule has 0 aliphatic rings. The molecular formula is C13H12ClIN2O2S. The van der Waals surface area contributed by atoms with Gasteiger partial charge in [0.05, 0.1) is 35.4 Å². The molecule has 2 aromatic rings. The third-order valence-corrected chi connectivity index (χ3v) is 4.86. The van der Waals surface area contributed by atoms with Crippen LogP contribution in [0.4, 0.5) is 0 Å². The Labute approximate surface area is 139 Å². The van der Waals surface area contributed by atoms with Crippen LogP contribution in [0.1, 0.15) is 16.1 Å². The topological polar surface area (TPSA) is 42.4 Å². The van der Waals surface area contributed by atoms with Crippen molar-refractivity contribution >= 4 is 51.4 Å². The first kappa shape index (κ1) is 15.5. The standard InChI is InChI=1S/C13H12ClIN2O2S/c1-17(5-8-6-20-7-16-8)13(18)9-3-10(14)11(15)4-12(9)19-2/h3-4,6-7H,5H2,1-2H3. The summed E-state index contributed by atoms with van der Waals surface area (Å²) in [5, 5.41) is 2.46. The highest BCUT2D eigenvalue weighted by atomic mass is 127. The van der Waals surface area contributed by atoms with Gasteiger partial charge in [-0.1, -0.05) is 11.6 Å². The molecule has 0 aliphatic heterocycles. The van der Waals surface area contributed by atoms with Crippen LogP contribution in [0, 0.1) is 3.57 Å². The van der Waals surface area contributed by atoms with E-state index in [-0.39, 0.29) is 5.91 Å². The zero-order valence-corrected chi connectivity index (χ0v) is 14.6. The Morgan fingerprint density at radius 2 is 2.30 bits per heavy atom. The first-order chi connectivity index (χ1) is 9.52. The van der Waals surface area contributed by atoms with E-state index in [0.717, 1.165) is 9.26 Å². The van der Waals surface area contributed by atoms with Crippen molar-refractivity contribution in [1.82, 2.24) is 9.88 Å². The van der Waals surface area contributed by atoms with Gasteiger partial charge in [-0.2, -0.15) is 0 Å². The van der Waals surface area contributed by atoms with E-state index in [1.165, 1.54) is 18.4 Å². The first-order valence-electron chi connectivity index (χ1n) is 5.68. The lowest BCUT2D eigenvalue weighted by Gasteiger charge is -2.18. The molecule has 1 heterocycles. The number of hydrogen-bond donors (Lipinski definition) is 0. The molecule has 0 spiro atoms. The molecule has 1 aromatic carbocycles. The van der Waals surface area contributed by atoms with Crippen LogP contribution >= 0.6 is 45.5 Å². The van der Waals surface area contributed by atoms with Gasteiger partial charge in [0.15, 0.2) is 0 Å². The van der Waals surface area contributed by atoms with Crippen molar-refractivity contribution in [1.29, 1.82) is 0 Å². The molecule has 2 rings (SSSR count). The summed E-state index contributed by atoms with van der Waals surface area (Å²) in [6, 6.07) is 3.40. The maximum atomic E-state index is 12.5. The van der Waals surface area contributed by atoms with E-state index in [2.05, 4.69) is 27.6 Å². The van der Waals surface area contributed by atoms with Crippen molar-refractivity contribution in [2.75, 3.05) is 14.2 Å². The minimum Gasteiger partial charge on any atom is -0.496 e. The molecule has 0 unspecified atom stereocenters. The number of rotatable bonds is 4. The van der Waals surface area contributed by atoms with Gasteiger partial charge in [-0.05, 0) is 34.7 Å². The molecule has 0 bridgehead atoms. The largest absolute Gasteiger partial charge is 0.496 e. The van der Waals surface area contributed by atoms with Gasteiger partial charge in [0, 0.05) is 16.0 Å². The van der Waals surface area contributed by atoms with Gasteiger partial charge in [0.25, 0.3) is 5.91 Å². The van der Waals surface area contributed by atoms with E-state index >= 15 is 0 Å². The smallest absolute Gasteiger partial charge is 0.257 e. The number of ether oxygens (including phenoxy) is 1. The number of halogens is 2. The Bertz CT molecular complexity index is 619. The number of carbonyl (C=O) groups is 1. The zero-order chi connectivity index (χ0) is 14.7. The molecule has 7 heteroatoms. The predicted molar refractivity (Wildman–Crippen MR) is 88.6 cm³/mol. The second-order valence-corrected chi connectivity index (χ2v) is 6.40. The second-order valence-electron chi connectivity index (χ2n) is 4.11. The third kappa shape index (κ3) is 3.42. The van der Waals surface area contributed by atoms with E-state index in [9.17, 15) is 4.79 Å². The molecule has 1 aromatic heterocycles. The van der Waals surface area contributed by atoms with Gasteiger partial charge in [0.2, 0.25) is 0 Å². The Balaban J connectivity index is 2.26. The minimum atomic E-state index is -0.145. The SMILES string of the molecule is COc1cc(I)c(Cl)cc1C(=O)N(C)Cc1cscn1. The monoisotopic (exact) mass is 422 g/mol. The van der Waals surface area contributed by atoms with Gasteiger partial charge in [-0.15, -0.1) is 11.3 Å². The highest BCUT2D eigenvalue weighted by Crippen LogP contribution is 2.29. The number of thiazole rings is 1. The molecule has 0 radical (unpaired) electrons. The summed E-state index contributed by atoms with van der Waals surface area (Å²) in [6.07, 6.45) is 0. The van der Waals surface area contributed by atoms with E-state index < -0.39 is 0 Å². The van der Waals surface area contributed by atoms with E-state index in [1.54, 1.807) is 29.6 Å². The number of amides is 1. The highest BCUT2D eigenvalue weighted by molar-refractivity contribution is 14.1. The lowest BCUT2D eigenvalue weighted by molar-refractivity contribution is 0.0780. The second kappa shape index (κ2) is 6.73. The number of benzene rings is 1. The highest BCUT2D eigenvalue weighted by Gasteiger charge is 2.19.